The number of phenolic OH excluding ortho intramolecular Hbond substituents is 2. The summed E-state index contributed by atoms with van der Waals surface area (Å²) in [5, 5.41) is 18.8. The Morgan fingerprint density at radius 2 is 1.74 bits per heavy atom. The highest BCUT2D eigenvalue weighted by Crippen LogP contribution is 2.33. The molecule has 23 heavy (non-hydrogen) atoms. The number of hydrogen-bond acceptors (Lipinski definition) is 3. The van der Waals surface area contributed by atoms with E-state index in [-0.39, 0.29) is 22.6 Å². The Morgan fingerprint density at radius 3 is 2.48 bits per heavy atom. The monoisotopic (exact) mass is 450 g/mol. The normalized spacial score (nSPS) is 10.8. The molecule has 7 heteroatoms. The summed E-state index contributed by atoms with van der Waals surface area (Å²) in [7, 11) is 0. The van der Waals surface area contributed by atoms with Crippen LogP contribution in [-0.2, 0) is 6.42 Å². The van der Waals surface area contributed by atoms with Crippen LogP contribution in [0.25, 0.3) is 0 Å². The molecule has 2 aromatic rings. The summed E-state index contributed by atoms with van der Waals surface area (Å²) in [5.41, 5.74) is 0.788. The van der Waals surface area contributed by atoms with Gasteiger partial charge in [0.2, 0.25) is 5.82 Å². The Bertz CT molecular complexity index is 704. The minimum absolute atomic E-state index is 0.00805. The second-order valence-corrected chi connectivity index (χ2v) is 6.62. The fourth-order valence-electron chi connectivity index (χ4n) is 2.01. The van der Waals surface area contributed by atoms with Gasteiger partial charge in [-0.3, -0.25) is 0 Å². The summed E-state index contributed by atoms with van der Waals surface area (Å²) in [4.78, 5) is 0. The maximum absolute atomic E-state index is 13.7. The van der Waals surface area contributed by atoms with Crippen molar-refractivity contribution in [2.75, 3.05) is 6.61 Å². The van der Waals surface area contributed by atoms with Gasteiger partial charge in [-0.05, 0) is 65.0 Å². The number of aryl methyl sites for hydroxylation is 1. The largest absolute Gasteiger partial charge is 0.505 e. The second-order valence-electron chi connectivity index (χ2n) is 4.91. The number of aromatic hydroxyl groups is 2. The number of benzene rings is 2. The van der Waals surface area contributed by atoms with Crippen LogP contribution in [0.1, 0.15) is 18.4 Å². The van der Waals surface area contributed by atoms with E-state index in [1.165, 1.54) is 24.3 Å². The average molecular weight is 452 g/mol. The molecule has 0 spiro atoms. The van der Waals surface area contributed by atoms with Gasteiger partial charge in [0.15, 0.2) is 23.1 Å². The molecule has 124 valence electrons. The first-order valence-corrected chi connectivity index (χ1v) is 8.45. The zero-order chi connectivity index (χ0) is 17.0. The Labute approximate surface area is 149 Å². The number of ether oxygens (including phenoxy) is 1. The third kappa shape index (κ3) is 4.57. The van der Waals surface area contributed by atoms with Crippen molar-refractivity contribution >= 4 is 31.9 Å². The summed E-state index contributed by atoms with van der Waals surface area (Å²) in [6.45, 7) is 0.281. The molecule has 0 radical (unpaired) electrons. The predicted molar refractivity (Wildman–Crippen MR) is 90.0 cm³/mol. The van der Waals surface area contributed by atoms with Crippen LogP contribution in [-0.4, -0.2) is 16.8 Å². The van der Waals surface area contributed by atoms with E-state index in [1.807, 2.05) is 0 Å². The lowest BCUT2D eigenvalue weighted by molar-refractivity contribution is 0.286. The van der Waals surface area contributed by atoms with Crippen molar-refractivity contribution in [3.05, 3.63) is 50.4 Å². The first-order chi connectivity index (χ1) is 10.9. The van der Waals surface area contributed by atoms with Gasteiger partial charge in [-0.1, -0.05) is 15.9 Å². The first kappa shape index (κ1) is 18.0. The van der Waals surface area contributed by atoms with Crippen LogP contribution in [0, 0.1) is 11.6 Å². The van der Waals surface area contributed by atoms with Gasteiger partial charge in [0.25, 0.3) is 0 Å². The summed E-state index contributed by atoms with van der Waals surface area (Å²) >= 11 is 6.27. The predicted octanol–water partition coefficient (Wildman–Crippen LogP) is 5.30. The second kappa shape index (κ2) is 7.97. The summed E-state index contributed by atoms with van der Waals surface area (Å²) in [6, 6.07) is 5.55. The number of phenols is 2. The molecular weight excluding hydrogens is 438 g/mol. The van der Waals surface area contributed by atoms with Crippen molar-refractivity contribution in [3.63, 3.8) is 0 Å². The molecule has 3 nitrogen and oxygen atoms in total. The molecule has 0 aromatic heterocycles. The lowest BCUT2D eigenvalue weighted by atomic mass is 10.1. The molecular formula is C16H14Br2F2O3. The highest BCUT2D eigenvalue weighted by atomic mass is 79.9. The zero-order valence-corrected chi connectivity index (χ0v) is 15.1. The minimum Gasteiger partial charge on any atom is -0.505 e. The van der Waals surface area contributed by atoms with Gasteiger partial charge < -0.3 is 14.9 Å². The fraction of sp³-hybridized carbons (Fsp3) is 0.250. The van der Waals surface area contributed by atoms with Gasteiger partial charge >= 0.3 is 0 Å². The Hall–Kier alpha value is -1.34. The lowest BCUT2D eigenvalue weighted by Crippen LogP contribution is -2.00. The van der Waals surface area contributed by atoms with Crippen LogP contribution in [0.15, 0.2) is 33.2 Å². The highest BCUT2D eigenvalue weighted by Gasteiger charge is 2.12. The van der Waals surface area contributed by atoms with Gasteiger partial charge in [0.05, 0.1) is 11.1 Å². The molecule has 2 rings (SSSR count). The molecule has 0 saturated heterocycles. The van der Waals surface area contributed by atoms with Gasteiger partial charge in [-0.25, -0.2) is 4.39 Å². The lowest BCUT2D eigenvalue weighted by Gasteiger charge is -2.09. The average Bonchev–Trinajstić information content (AvgIpc) is 2.51. The minimum atomic E-state index is -0.800. The quantitative estimate of drug-likeness (QED) is 0.585. The van der Waals surface area contributed by atoms with Gasteiger partial charge in [0.1, 0.15) is 0 Å². The van der Waals surface area contributed by atoms with Crippen LogP contribution < -0.4 is 4.74 Å². The van der Waals surface area contributed by atoms with E-state index in [4.69, 9.17) is 4.74 Å². The van der Waals surface area contributed by atoms with Crippen LogP contribution in [0.3, 0.4) is 0 Å². The van der Waals surface area contributed by atoms with Gasteiger partial charge in [-0.2, -0.15) is 4.39 Å². The van der Waals surface area contributed by atoms with Crippen LogP contribution >= 0.6 is 31.9 Å². The van der Waals surface area contributed by atoms with E-state index in [0.717, 1.165) is 5.56 Å². The van der Waals surface area contributed by atoms with Crippen molar-refractivity contribution in [1.29, 1.82) is 0 Å². The van der Waals surface area contributed by atoms with E-state index in [1.54, 1.807) is 0 Å². The van der Waals surface area contributed by atoms with Crippen molar-refractivity contribution in [3.8, 4) is 17.2 Å². The molecule has 0 unspecified atom stereocenters. The third-order valence-electron chi connectivity index (χ3n) is 3.25. The fourth-order valence-corrected chi connectivity index (χ4v) is 2.83. The van der Waals surface area contributed by atoms with Crippen molar-refractivity contribution < 1.29 is 23.7 Å². The first-order valence-electron chi connectivity index (χ1n) is 6.86. The Morgan fingerprint density at radius 1 is 1.00 bits per heavy atom. The Kier molecular flexibility index (Phi) is 6.24. The maximum Gasteiger partial charge on any atom is 0.207 e. The van der Waals surface area contributed by atoms with Gasteiger partial charge in [-0.15, -0.1) is 0 Å². The summed E-state index contributed by atoms with van der Waals surface area (Å²) < 4.78 is 33.0. The maximum atomic E-state index is 13.7. The molecule has 0 bridgehead atoms. The molecule has 0 atom stereocenters. The van der Waals surface area contributed by atoms with E-state index in [9.17, 15) is 19.0 Å². The van der Waals surface area contributed by atoms with Crippen molar-refractivity contribution in [2.24, 2.45) is 0 Å². The molecule has 0 fully saturated rings. The molecule has 0 saturated carbocycles. The Balaban J connectivity index is 1.83. The standard InChI is InChI=1S/C16H14Br2F2O3/c17-10-4-5-14(15(20)16(10)22)23-6-2-1-3-9-7-13(21)12(19)8-11(9)18/h4-5,7-8,21-22H,1-3,6H2. The third-order valence-corrected chi connectivity index (χ3v) is 4.62. The molecule has 2 N–H and O–H groups in total. The molecule has 0 aliphatic heterocycles. The smallest absolute Gasteiger partial charge is 0.207 e. The zero-order valence-electron chi connectivity index (χ0n) is 12.0. The molecule has 0 aliphatic carbocycles. The van der Waals surface area contributed by atoms with E-state index < -0.39 is 17.4 Å². The van der Waals surface area contributed by atoms with Crippen LogP contribution in [0.5, 0.6) is 17.2 Å². The summed E-state index contributed by atoms with van der Waals surface area (Å²) in [5.74, 6) is -2.34. The van der Waals surface area contributed by atoms with E-state index >= 15 is 0 Å². The SMILES string of the molecule is Oc1cc(CCCCOc2ccc(Br)c(O)c2F)c(Br)cc1F. The summed E-state index contributed by atoms with van der Waals surface area (Å²) in [6.07, 6.45) is 1.97. The molecule has 0 heterocycles. The number of halogens is 4. The molecule has 2 aromatic carbocycles. The van der Waals surface area contributed by atoms with Crippen LogP contribution in [0.2, 0.25) is 0 Å². The molecule has 0 amide bonds. The molecule has 0 aliphatic rings. The van der Waals surface area contributed by atoms with Crippen LogP contribution in [0.4, 0.5) is 8.78 Å². The van der Waals surface area contributed by atoms with Crippen molar-refractivity contribution in [1.82, 2.24) is 0 Å². The number of hydrogen-bond donors (Lipinski definition) is 2. The van der Waals surface area contributed by atoms with Crippen molar-refractivity contribution in [2.45, 2.75) is 19.3 Å². The van der Waals surface area contributed by atoms with E-state index in [2.05, 4.69) is 31.9 Å². The highest BCUT2D eigenvalue weighted by molar-refractivity contribution is 9.10. The number of rotatable bonds is 6. The van der Waals surface area contributed by atoms with E-state index in [0.29, 0.717) is 23.7 Å². The topological polar surface area (TPSA) is 49.7 Å². The number of unbranched alkanes of at least 4 members (excludes halogenated alkanes) is 1. The van der Waals surface area contributed by atoms with Gasteiger partial charge in [0, 0.05) is 4.47 Å².